The van der Waals surface area contributed by atoms with Gasteiger partial charge in [-0.25, -0.2) is 13.4 Å². The van der Waals surface area contributed by atoms with Crippen LogP contribution in [-0.2, 0) is 16.6 Å². The van der Waals surface area contributed by atoms with E-state index < -0.39 is 10.0 Å². The Labute approximate surface area is 170 Å². The van der Waals surface area contributed by atoms with Crippen LogP contribution in [0.2, 0.25) is 0 Å². The lowest BCUT2D eigenvalue weighted by Crippen LogP contribution is -2.06. The van der Waals surface area contributed by atoms with Crippen molar-refractivity contribution in [2.24, 2.45) is 5.92 Å². The average Bonchev–Trinajstić information content (AvgIpc) is 2.95. The van der Waals surface area contributed by atoms with Crippen LogP contribution in [0.3, 0.4) is 0 Å². The molecule has 0 aliphatic heterocycles. The molecule has 0 fully saturated rings. The number of fused-ring (bicyclic) bond motifs is 2. The monoisotopic (exact) mass is 407 g/mol. The highest BCUT2D eigenvalue weighted by Crippen LogP contribution is 2.35. The van der Waals surface area contributed by atoms with Gasteiger partial charge in [-0.15, -0.1) is 0 Å². The van der Waals surface area contributed by atoms with E-state index in [1.165, 1.54) is 0 Å². The maximum absolute atomic E-state index is 12.9. The summed E-state index contributed by atoms with van der Waals surface area (Å²) in [4.78, 5) is 4.92. The molecule has 7 heteroatoms. The normalized spacial score (nSPS) is 12.2. The fourth-order valence-electron chi connectivity index (χ4n) is 3.26. The zero-order valence-corrected chi connectivity index (χ0v) is 17.7. The van der Waals surface area contributed by atoms with Gasteiger partial charge in [0.15, 0.2) is 0 Å². The second kappa shape index (κ2) is 7.15. The zero-order valence-electron chi connectivity index (χ0n) is 16.9. The Kier molecular flexibility index (Phi) is 4.78. The van der Waals surface area contributed by atoms with E-state index in [4.69, 9.17) is 4.98 Å². The molecule has 0 aliphatic rings. The van der Waals surface area contributed by atoms with Gasteiger partial charge in [0.05, 0.1) is 10.4 Å². The number of aromatic nitrogens is 3. The molecule has 0 atom stereocenters. The summed E-state index contributed by atoms with van der Waals surface area (Å²) >= 11 is 0. The van der Waals surface area contributed by atoms with Crippen LogP contribution in [0.5, 0.6) is 0 Å². The largest absolute Gasteiger partial charge is 0.372 e. The first kappa shape index (κ1) is 19.4. The molecule has 0 spiro atoms. The second-order valence-corrected chi connectivity index (χ2v) is 9.44. The van der Waals surface area contributed by atoms with Crippen molar-refractivity contribution in [2.75, 3.05) is 0 Å². The maximum atomic E-state index is 12.9. The molecule has 2 aromatic heterocycles. The van der Waals surface area contributed by atoms with E-state index in [0.29, 0.717) is 23.5 Å². The summed E-state index contributed by atoms with van der Waals surface area (Å²) in [6.45, 7) is 8.72. The first-order valence-corrected chi connectivity index (χ1v) is 11.0. The predicted octanol–water partition coefficient (Wildman–Crippen LogP) is 5.25. The molecule has 4 aromatic rings. The summed E-state index contributed by atoms with van der Waals surface area (Å²) in [6, 6.07) is 14.6. The number of rotatable bonds is 5. The topological polar surface area (TPSA) is 79.0 Å². The molecule has 0 bridgehead atoms. The molecule has 0 unspecified atom stereocenters. The van der Waals surface area contributed by atoms with Crippen LogP contribution in [0.1, 0.15) is 25.0 Å². The Balaban J connectivity index is 1.86. The molecule has 4 rings (SSSR count). The van der Waals surface area contributed by atoms with Crippen LogP contribution < -0.4 is 0 Å². The van der Waals surface area contributed by atoms with Crippen LogP contribution in [-0.4, -0.2) is 23.2 Å². The van der Waals surface area contributed by atoms with E-state index in [9.17, 15) is 8.42 Å². The van der Waals surface area contributed by atoms with Gasteiger partial charge >= 0.3 is 0 Å². The Morgan fingerprint density at radius 3 is 2.38 bits per heavy atom. The molecule has 6 nitrogen and oxygen atoms in total. The van der Waals surface area contributed by atoms with E-state index in [2.05, 4.69) is 23.7 Å². The molecule has 2 aromatic carbocycles. The standard InChI is InChI=1S/C22H23N4O2S/c1-14(2)13-26-22-19(12-17-8-5-16(4)11-20(17)23-22)21(24-26)25-29(27,28)18-9-6-15(3)7-10-18/h5-12,14H,13H2,1-4H3/q-1. The molecule has 0 saturated heterocycles. The van der Waals surface area contributed by atoms with Crippen LogP contribution in [0, 0.1) is 19.8 Å². The van der Waals surface area contributed by atoms with Gasteiger partial charge < -0.3 is 14.5 Å². The fraction of sp³-hybridized carbons (Fsp3) is 0.273. The van der Waals surface area contributed by atoms with Crippen molar-refractivity contribution in [3.63, 3.8) is 0 Å². The van der Waals surface area contributed by atoms with Gasteiger partial charge in [-0.1, -0.05) is 43.7 Å². The number of hydrogen-bond acceptors (Lipinski definition) is 4. The molecule has 29 heavy (non-hydrogen) atoms. The summed E-state index contributed by atoms with van der Waals surface area (Å²) in [5.41, 5.74) is 3.61. The quantitative estimate of drug-likeness (QED) is 0.452. The van der Waals surface area contributed by atoms with E-state index in [0.717, 1.165) is 22.0 Å². The summed E-state index contributed by atoms with van der Waals surface area (Å²) < 4.78 is 31.5. The molecular weight excluding hydrogens is 384 g/mol. The van der Waals surface area contributed by atoms with Gasteiger partial charge in [-0.3, -0.25) is 0 Å². The predicted molar refractivity (Wildman–Crippen MR) is 116 cm³/mol. The first-order valence-electron chi connectivity index (χ1n) is 9.55. The summed E-state index contributed by atoms with van der Waals surface area (Å²) in [5.74, 6) is 0.505. The van der Waals surface area contributed by atoms with Crippen LogP contribution in [0.25, 0.3) is 26.7 Å². The third-order valence-corrected chi connectivity index (χ3v) is 6.00. The molecule has 0 aliphatic carbocycles. The van der Waals surface area contributed by atoms with E-state index >= 15 is 0 Å². The van der Waals surface area contributed by atoms with E-state index in [1.807, 2.05) is 38.1 Å². The van der Waals surface area contributed by atoms with Gasteiger partial charge in [0.1, 0.15) is 5.65 Å². The summed E-state index contributed by atoms with van der Waals surface area (Å²) in [6.07, 6.45) is 0. The lowest BCUT2D eigenvalue weighted by molar-refractivity contribution is 0.494. The molecule has 0 radical (unpaired) electrons. The Morgan fingerprint density at radius 1 is 1.00 bits per heavy atom. The number of nitrogens with zero attached hydrogens (tertiary/aromatic N) is 4. The third-order valence-electron chi connectivity index (χ3n) is 4.72. The minimum absolute atomic E-state index is 0.152. The number of benzene rings is 2. The van der Waals surface area contributed by atoms with Crippen molar-refractivity contribution < 1.29 is 8.42 Å². The van der Waals surface area contributed by atoms with Crippen molar-refractivity contribution in [2.45, 2.75) is 39.1 Å². The molecule has 0 N–H and O–H groups in total. The molecular formula is C22H23N4O2S-. The summed E-state index contributed by atoms with van der Waals surface area (Å²) in [7, 11) is -3.88. The number of pyridine rings is 1. The highest BCUT2D eigenvalue weighted by molar-refractivity contribution is 7.94. The molecule has 2 heterocycles. The Hall–Kier alpha value is -2.93. The maximum Gasteiger partial charge on any atom is 0.202 e. The van der Waals surface area contributed by atoms with Gasteiger partial charge in [0, 0.05) is 17.3 Å². The Bertz CT molecular complexity index is 1310. The summed E-state index contributed by atoms with van der Waals surface area (Å²) in [5, 5.41) is 6.08. The van der Waals surface area contributed by atoms with Crippen molar-refractivity contribution in [1.29, 1.82) is 0 Å². The molecule has 0 amide bonds. The minimum atomic E-state index is -3.88. The van der Waals surface area contributed by atoms with Crippen molar-refractivity contribution in [3.05, 3.63) is 64.4 Å². The number of aryl methyl sites for hydroxylation is 2. The van der Waals surface area contributed by atoms with E-state index in [-0.39, 0.29) is 10.7 Å². The Morgan fingerprint density at radius 2 is 1.69 bits per heavy atom. The lowest BCUT2D eigenvalue weighted by Gasteiger charge is -2.14. The molecule has 0 saturated carbocycles. The zero-order chi connectivity index (χ0) is 20.8. The minimum Gasteiger partial charge on any atom is -0.372 e. The van der Waals surface area contributed by atoms with Gasteiger partial charge in [-0.05, 0) is 55.4 Å². The van der Waals surface area contributed by atoms with E-state index in [1.54, 1.807) is 28.9 Å². The number of hydrogen-bond donors (Lipinski definition) is 0. The first-order chi connectivity index (χ1) is 13.7. The number of sulfonamides is 1. The van der Waals surface area contributed by atoms with Gasteiger partial charge in [0.2, 0.25) is 10.0 Å². The smallest absolute Gasteiger partial charge is 0.202 e. The second-order valence-electron chi connectivity index (χ2n) is 7.83. The SMILES string of the molecule is Cc1ccc(S(=O)(=O)[N-]c2nn(CC(C)C)c3nc4cc(C)ccc4cc23)cc1. The van der Waals surface area contributed by atoms with Crippen molar-refractivity contribution in [1.82, 2.24) is 14.8 Å². The average molecular weight is 408 g/mol. The fourth-order valence-corrected chi connectivity index (χ4v) is 4.21. The molecule has 150 valence electrons. The lowest BCUT2D eigenvalue weighted by atomic mass is 10.1. The van der Waals surface area contributed by atoms with Gasteiger partial charge in [-0.2, -0.15) is 0 Å². The highest BCUT2D eigenvalue weighted by atomic mass is 32.2. The van der Waals surface area contributed by atoms with Crippen LogP contribution in [0.15, 0.2) is 53.4 Å². The third kappa shape index (κ3) is 3.82. The van der Waals surface area contributed by atoms with Crippen LogP contribution >= 0.6 is 0 Å². The van der Waals surface area contributed by atoms with Crippen molar-refractivity contribution in [3.8, 4) is 0 Å². The van der Waals surface area contributed by atoms with Crippen LogP contribution in [0.4, 0.5) is 5.82 Å². The van der Waals surface area contributed by atoms with Gasteiger partial charge in [0.25, 0.3) is 0 Å². The highest BCUT2D eigenvalue weighted by Gasteiger charge is 2.14. The van der Waals surface area contributed by atoms with Crippen molar-refractivity contribution >= 4 is 37.8 Å².